The van der Waals surface area contributed by atoms with Crippen LogP contribution in [0.5, 0.6) is 0 Å². The first-order valence-electron chi connectivity index (χ1n) is 6.31. The molecule has 0 heterocycles. The lowest BCUT2D eigenvalue weighted by atomic mass is 10.1. The summed E-state index contributed by atoms with van der Waals surface area (Å²) in [5.74, 6) is -0.158. The van der Waals surface area contributed by atoms with Gasteiger partial charge in [-0.2, -0.15) is 13.2 Å². The summed E-state index contributed by atoms with van der Waals surface area (Å²) in [6, 6.07) is 3.57. The highest BCUT2D eigenvalue weighted by molar-refractivity contribution is 5.94. The third kappa shape index (κ3) is 3.88. The van der Waals surface area contributed by atoms with Crippen molar-refractivity contribution in [1.82, 2.24) is 4.90 Å². The van der Waals surface area contributed by atoms with Gasteiger partial charge in [0.2, 0.25) is 0 Å². The van der Waals surface area contributed by atoms with Gasteiger partial charge in [0.15, 0.2) is 0 Å². The number of carbonyl (C=O) groups excluding carboxylic acids is 1. The van der Waals surface area contributed by atoms with Crippen LogP contribution in [0.1, 0.15) is 29.8 Å². The molecule has 0 fully saturated rings. The molecule has 1 N–H and O–H groups in total. The quantitative estimate of drug-likeness (QED) is 0.920. The molecular formula is C14H19F3N2O. The molecule has 0 aliphatic heterocycles. The second kappa shape index (κ2) is 6.15. The van der Waals surface area contributed by atoms with E-state index in [1.165, 1.54) is 24.1 Å². The first-order chi connectivity index (χ1) is 9.16. The Balaban J connectivity index is 3.12. The zero-order valence-electron chi connectivity index (χ0n) is 12.0. The molecule has 1 aromatic carbocycles. The van der Waals surface area contributed by atoms with Crippen molar-refractivity contribution in [1.29, 1.82) is 0 Å². The summed E-state index contributed by atoms with van der Waals surface area (Å²) in [6.07, 6.45) is -4.49. The Bertz CT molecular complexity index is 484. The van der Waals surface area contributed by atoms with Gasteiger partial charge >= 0.3 is 6.18 Å². The summed E-state index contributed by atoms with van der Waals surface area (Å²) >= 11 is 0. The van der Waals surface area contributed by atoms with Gasteiger partial charge in [-0.15, -0.1) is 0 Å². The smallest absolute Gasteiger partial charge is 0.388 e. The van der Waals surface area contributed by atoms with Gasteiger partial charge in [-0.3, -0.25) is 4.79 Å². The van der Waals surface area contributed by atoms with Crippen LogP contribution in [0.4, 0.5) is 18.9 Å². The lowest BCUT2D eigenvalue weighted by molar-refractivity contribution is -0.136. The number of benzene rings is 1. The Labute approximate surface area is 116 Å². The molecule has 0 aliphatic rings. The van der Waals surface area contributed by atoms with Gasteiger partial charge in [-0.1, -0.05) is 13.8 Å². The maximum absolute atomic E-state index is 12.9. The van der Waals surface area contributed by atoms with E-state index in [4.69, 9.17) is 0 Å². The average Bonchev–Trinajstić information content (AvgIpc) is 2.35. The molecule has 0 unspecified atom stereocenters. The normalized spacial score (nSPS) is 11.6. The van der Waals surface area contributed by atoms with Crippen molar-refractivity contribution in [3.05, 3.63) is 29.3 Å². The number of nitrogens with one attached hydrogen (secondary N) is 1. The van der Waals surface area contributed by atoms with Crippen LogP contribution >= 0.6 is 0 Å². The Morgan fingerprint density at radius 3 is 2.40 bits per heavy atom. The molecule has 1 rings (SSSR count). The van der Waals surface area contributed by atoms with Gasteiger partial charge in [-0.25, -0.2) is 0 Å². The zero-order valence-corrected chi connectivity index (χ0v) is 12.0. The minimum Gasteiger partial charge on any atom is -0.388 e. The van der Waals surface area contributed by atoms with E-state index in [9.17, 15) is 18.0 Å². The van der Waals surface area contributed by atoms with Gasteiger partial charge in [0.1, 0.15) is 0 Å². The monoisotopic (exact) mass is 288 g/mol. The van der Waals surface area contributed by atoms with Crippen molar-refractivity contribution in [3.63, 3.8) is 0 Å². The van der Waals surface area contributed by atoms with E-state index < -0.39 is 17.6 Å². The largest absolute Gasteiger partial charge is 0.418 e. The van der Waals surface area contributed by atoms with E-state index in [0.717, 1.165) is 6.07 Å². The fraction of sp³-hybridized carbons (Fsp3) is 0.500. The fourth-order valence-corrected chi connectivity index (χ4v) is 1.98. The van der Waals surface area contributed by atoms with Gasteiger partial charge in [-0.05, 0) is 24.1 Å². The summed E-state index contributed by atoms with van der Waals surface area (Å²) in [6.45, 7) is 4.37. The predicted octanol–water partition coefficient (Wildman–Crippen LogP) is 3.48. The number of rotatable bonds is 4. The number of nitrogens with zero attached hydrogens (tertiary/aromatic N) is 1. The van der Waals surface area contributed by atoms with Crippen LogP contribution < -0.4 is 5.32 Å². The molecule has 112 valence electrons. The predicted molar refractivity (Wildman–Crippen MR) is 72.8 cm³/mol. The standard InChI is InChI=1S/C14H19F3N2O/c1-9(2)8-19(4)13(20)10-5-6-12(18-3)11(7-10)14(15,16)17/h5-7,9,18H,8H2,1-4H3. The number of amides is 1. The number of carbonyl (C=O) groups is 1. The number of halogens is 3. The molecule has 6 heteroatoms. The van der Waals surface area contributed by atoms with Crippen LogP contribution in [0.15, 0.2) is 18.2 Å². The van der Waals surface area contributed by atoms with E-state index in [1.807, 2.05) is 13.8 Å². The van der Waals surface area contributed by atoms with Crippen LogP contribution in [-0.2, 0) is 6.18 Å². The van der Waals surface area contributed by atoms with Crippen LogP contribution in [0.25, 0.3) is 0 Å². The second-order valence-corrected chi connectivity index (χ2v) is 5.09. The zero-order chi connectivity index (χ0) is 15.5. The minimum absolute atomic E-state index is 0.0411. The third-order valence-corrected chi connectivity index (χ3v) is 2.83. The van der Waals surface area contributed by atoms with E-state index in [0.29, 0.717) is 6.54 Å². The maximum atomic E-state index is 12.9. The van der Waals surface area contributed by atoms with Gasteiger partial charge in [0.25, 0.3) is 5.91 Å². The number of alkyl halides is 3. The molecule has 3 nitrogen and oxygen atoms in total. The molecule has 0 spiro atoms. The van der Waals surface area contributed by atoms with E-state index >= 15 is 0 Å². The van der Waals surface area contributed by atoms with Crippen LogP contribution in [0.2, 0.25) is 0 Å². The van der Waals surface area contributed by atoms with Crippen LogP contribution in [-0.4, -0.2) is 31.4 Å². The summed E-state index contributed by atoms with van der Waals surface area (Å²) in [7, 11) is 3.00. The fourth-order valence-electron chi connectivity index (χ4n) is 1.98. The molecule has 0 atom stereocenters. The highest BCUT2D eigenvalue weighted by Gasteiger charge is 2.34. The van der Waals surface area contributed by atoms with E-state index in [2.05, 4.69) is 5.32 Å². The first-order valence-corrected chi connectivity index (χ1v) is 6.31. The van der Waals surface area contributed by atoms with Crippen molar-refractivity contribution in [3.8, 4) is 0 Å². The molecular weight excluding hydrogens is 269 g/mol. The summed E-state index contributed by atoms with van der Waals surface area (Å²) in [5, 5.41) is 2.48. The molecule has 0 bridgehead atoms. The molecule has 20 heavy (non-hydrogen) atoms. The van der Waals surface area contributed by atoms with Crippen LogP contribution in [0.3, 0.4) is 0 Å². The van der Waals surface area contributed by atoms with Crippen molar-refractivity contribution in [2.24, 2.45) is 5.92 Å². The molecule has 1 amide bonds. The average molecular weight is 288 g/mol. The Morgan fingerprint density at radius 2 is 1.95 bits per heavy atom. The highest BCUT2D eigenvalue weighted by atomic mass is 19.4. The number of anilines is 1. The summed E-state index contributed by atoms with van der Waals surface area (Å²) in [4.78, 5) is 13.5. The minimum atomic E-state index is -4.49. The Morgan fingerprint density at radius 1 is 1.35 bits per heavy atom. The number of hydrogen-bond donors (Lipinski definition) is 1. The Hall–Kier alpha value is -1.72. The van der Waals surface area contributed by atoms with E-state index in [-0.39, 0.29) is 17.2 Å². The molecule has 0 radical (unpaired) electrons. The molecule has 0 saturated carbocycles. The second-order valence-electron chi connectivity index (χ2n) is 5.09. The highest BCUT2D eigenvalue weighted by Crippen LogP contribution is 2.35. The lowest BCUT2D eigenvalue weighted by Crippen LogP contribution is -2.30. The summed E-state index contributed by atoms with van der Waals surface area (Å²) in [5.41, 5.74) is -0.830. The van der Waals surface area contributed by atoms with Crippen LogP contribution in [0, 0.1) is 5.92 Å². The molecule has 1 aromatic rings. The third-order valence-electron chi connectivity index (χ3n) is 2.83. The van der Waals surface area contributed by atoms with Gasteiger partial charge in [0, 0.05) is 31.9 Å². The molecule has 0 saturated heterocycles. The topological polar surface area (TPSA) is 32.3 Å². The summed E-state index contributed by atoms with van der Waals surface area (Å²) < 4.78 is 38.8. The van der Waals surface area contributed by atoms with Gasteiger partial charge in [0.05, 0.1) is 5.56 Å². The van der Waals surface area contributed by atoms with Crippen molar-refractivity contribution in [2.45, 2.75) is 20.0 Å². The Kier molecular flexibility index (Phi) is 5.03. The van der Waals surface area contributed by atoms with Crippen molar-refractivity contribution in [2.75, 3.05) is 26.0 Å². The first kappa shape index (κ1) is 16.3. The molecule has 0 aromatic heterocycles. The van der Waals surface area contributed by atoms with Crippen molar-refractivity contribution < 1.29 is 18.0 Å². The number of hydrogen-bond acceptors (Lipinski definition) is 2. The molecule has 0 aliphatic carbocycles. The SMILES string of the molecule is CNc1ccc(C(=O)N(C)CC(C)C)cc1C(F)(F)F. The van der Waals surface area contributed by atoms with E-state index in [1.54, 1.807) is 7.05 Å². The van der Waals surface area contributed by atoms with Crippen molar-refractivity contribution >= 4 is 11.6 Å². The maximum Gasteiger partial charge on any atom is 0.418 e. The lowest BCUT2D eigenvalue weighted by Gasteiger charge is -2.20. The van der Waals surface area contributed by atoms with Gasteiger partial charge < -0.3 is 10.2 Å².